The molecule has 1 aromatic heterocycles. The van der Waals surface area contributed by atoms with Gasteiger partial charge in [0.1, 0.15) is 0 Å². The molecule has 0 fully saturated rings. The van der Waals surface area contributed by atoms with Crippen LogP contribution in [0.5, 0.6) is 0 Å². The molecule has 0 aliphatic rings. The number of thiophene rings is 1. The summed E-state index contributed by atoms with van der Waals surface area (Å²) >= 11 is 1.61. The van der Waals surface area contributed by atoms with Crippen molar-refractivity contribution < 1.29 is 9.53 Å². The normalized spacial score (nSPS) is 11.0. The summed E-state index contributed by atoms with van der Waals surface area (Å²) in [5.41, 5.74) is -0.360. The number of carbonyl (C=O) groups is 1. The van der Waals surface area contributed by atoms with Gasteiger partial charge in [0, 0.05) is 4.88 Å². The van der Waals surface area contributed by atoms with E-state index in [1.54, 1.807) is 11.3 Å². The molecule has 0 unspecified atom stereocenters. The maximum atomic E-state index is 11.0. The molecule has 72 valence electrons. The third kappa shape index (κ3) is 2.45. The predicted octanol–water partition coefficient (Wildman–Crippen LogP) is 2.34. The SMILES string of the molecule is COC(=O)NC(C)(C)c1cccs1. The molecule has 0 aliphatic heterocycles. The van der Waals surface area contributed by atoms with Crippen LogP contribution in [-0.4, -0.2) is 13.2 Å². The van der Waals surface area contributed by atoms with Crippen molar-refractivity contribution in [3.63, 3.8) is 0 Å². The fourth-order valence-electron chi connectivity index (χ4n) is 1.00. The van der Waals surface area contributed by atoms with Crippen molar-refractivity contribution >= 4 is 17.4 Å². The van der Waals surface area contributed by atoms with Gasteiger partial charge in [0.2, 0.25) is 0 Å². The Morgan fingerprint density at radius 3 is 2.77 bits per heavy atom. The van der Waals surface area contributed by atoms with E-state index in [4.69, 9.17) is 0 Å². The van der Waals surface area contributed by atoms with Crippen molar-refractivity contribution in [3.8, 4) is 0 Å². The molecule has 0 atom stereocenters. The van der Waals surface area contributed by atoms with Crippen LogP contribution in [0.15, 0.2) is 17.5 Å². The topological polar surface area (TPSA) is 38.3 Å². The van der Waals surface area contributed by atoms with Crippen LogP contribution >= 0.6 is 11.3 Å². The fourth-order valence-corrected chi connectivity index (χ4v) is 1.81. The summed E-state index contributed by atoms with van der Waals surface area (Å²) in [6.45, 7) is 3.88. The lowest BCUT2D eigenvalue weighted by Gasteiger charge is -2.23. The lowest BCUT2D eigenvalue weighted by Crippen LogP contribution is -2.40. The number of hydrogen-bond acceptors (Lipinski definition) is 3. The van der Waals surface area contributed by atoms with Gasteiger partial charge in [-0.1, -0.05) is 6.07 Å². The molecule has 1 rings (SSSR count). The van der Waals surface area contributed by atoms with Crippen LogP contribution in [0.2, 0.25) is 0 Å². The molecule has 13 heavy (non-hydrogen) atoms. The van der Waals surface area contributed by atoms with Gasteiger partial charge < -0.3 is 10.1 Å². The highest BCUT2D eigenvalue weighted by Crippen LogP contribution is 2.24. The van der Waals surface area contributed by atoms with Crippen molar-refractivity contribution in [2.45, 2.75) is 19.4 Å². The first-order valence-electron chi connectivity index (χ1n) is 3.96. The van der Waals surface area contributed by atoms with Crippen LogP contribution in [0.3, 0.4) is 0 Å². The maximum Gasteiger partial charge on any atom is 0.407 e. The molecule has 1 heterocycles. The highest BCUT2D eigenvalue weighted by molar-refractivity contribution is 7.10. The molecule has 3 nitrogen and oxygen atoms in total. The largest absolute Gasteiger partial charge is 0.453 e. The Hall–Kier alpha value is -1.03. The average Bonchev–Trinajstić information content (AvgIpc) is 2.55. The molecule has 4 heteroatoms. The van der Waals surface area contributed by atoms with Crippen molar-refractivity contribution in [2.75, 3.05) is 7.11 Å². The Bertz CT molecular complexity index is 280. The number of carbonyl (C=O) groups excluding carboxylic acids is 1. The molecule has 0 radical (unpaired) electrons. The van der Waals surface area contributed by atoms with E-state index in [9.17, 15) is 4.79 Å². The van der Waals surface area contributed by atoms with Crippen LogP contribution in [0.4, 0.5) is 4.79 Å². The van der Waals surface area contributed by atoms with Crippen LogP contribution in [0.25, 0.3) is 0 Å². The van der Waals surface area contributed by atoms with Crippen LogP contribution in [-0.2, 0) is 10.3 Å². The second-order valence-corrected chi connectivity index (χ2v) is 4.17. The molecule has 1 aromatic rings. The first-order valence-corrected chi connectivity index (χ1v) is 4.84. The van der Waals surface area contributed by atoms with Crippen molar-refractivity contribution in [2.24, 2.45) is 0 Å². The lowest BCUT2D eigenvalue weighted by atomic mass is 10.0. The van der Waals surface area contributed by atoms with Gasteiger partial charge in [0.05, 0.1) is 12.6 Å². The monoisotopic (exact) mass is 199 g/mol. The van der Waals surface area contributed by atoms with Gasteiger partial charge >= 0.3 is 6.09 Å². The number of hydrogen-bond donors (Lipinski definition) is 1. The van der Waals surface area contributed by atoms with Gasteiger partial charge in [-0.2, -0.15) is 0 Å². The Balaban J connectivity index is 2.72. The van der Waals surface area contributed by atoms with E-state index in [1.165, 1.54) is 7.11 Å². The second-order valence-electron chi connectivity index (χ2n) is 3.22. The van der Waals surface area contributed by atoms with Crippen LogP contribution in [0, 0.1) is 0 Å². The molecule has 0 spiro atoms. The molecule has 0 saturated carbocycles. The first kappa shape index (κ1) is 10.1. The quantitative estimate of drug-likeness (QED) is 0.794. The van der Waals surface area contributed by atoms with Gasteiger partial charge in [0.15, 0.2) is 0 Å². The van der Waals surface area contributed by atoms with E-state index in [-0.39, 0.29) is 5.54 Å². The highest BCUT2D eigenvalue weighted by Gasteiger charge is 2.23. The van der Waals surface area contributed by atoms with Crippen LogP contribution < -0.4 is 5.32 Å². The zero-order valence-electron chi connectivity index (χ0n) is 7.96. The van der Waals surface area contributed by atoms with E-state index in [2.05, 4.69) is 10.1 Å². The Kier molecular flexibility index (Phi) is 2.93. The van der Waals surface area contributed by atoms with Gasteiger partial charge in [0.25, 0.3) is 0 Å². The highest BCUT2D eigenvalue weighted by atomic mass is 32.1. The minimum absolute atomic E-state index is 0.360. The molecular formula is C9H13NO2S. The van der Waals surface area contributed by atoms with E-state index >= 15 is 0 Å². The molecule has 0 bridgehead atoms. The molecular weight excluding hydrogens is 186 g/mol. The summed E-state index contributed by atoms with van der Waals surface area (Å²) in [5, 5.41) is 4.74. The Morgan fingerprint density at radius 1 is 1.62 bits per heavy atom. The number of alkyl carbamates (subject to hydrolysis) is 1. The smallest absolute Gasteiger partial charge is 0.407 e. The number of rotatable bonds is 2. The zero-order valence-corrected chi connectivity index (χ0v) is 8.77. The van der Waals surface area contributed by atoms with Crippen LogP contribution in [0.1, 0.15) is 18.7 Å². The number of ether oxygens (including phenoxy) is 1. The molecule has 0 aliphatic carbocycles. The number of methoxy groups -OCH3 is 1. The summed E-state index contributed by atoms with van der Waals surface area (Å²) in [7, 11) is 1.36. The number of amides is 1. The van der Waals surface area contributed by atoms with Crippen molar-refractivity contribution in [3.05, 3.63) is 22.4 Å². The fraction of sp³-hybridized carbons (Fsp3) is 0.444. The van der Waals surface area contributed by atoms with E-state index in [0.717, 1.165) is 4.88 Å². The first-order chi connectivity index (χ1) is 6.06. The minimum atomic E-state index is -0.404. The zero-order chi connectivity index (χ0) is 9.90. The second kappa shape index (κ2) is 3.79. The van der Waals surface area contributed by atoms with Crippen molar-refractivity contribution in [1.29, 1.82) is 0 Å². The summed E-state index contributed by atoms with van der Waals surface area (Å²) in [6, 6.07) is 3.95. The minimum Gasteiger partial charge on any atom is -0.453 e. The Morgan fingerprint density at radius 2 is 2.31 bits per heavy atom. The summed E-state index contributed by atoms with van der Waals surface area (Å²) in [5.74, 6) is 0. The van der Waals surface area contributed by atoms with Gasteiger partial charge in [-0.25, -0.2) is 4.79 Å². The predicted molar refractivity (Wildman–Crippen MR) is 52.9 cm³/mol. The van der Waals surface area contributed by atoms with Gasteiger partial charge in [-0.05, 0) is 25.3 Å². The summed E-state index contributed by atoms with van der Waals surface area (Å²) in [4.78, 5) is 12.1. The summed E-state index contributed by atoms with van der Waals surface area (Å²) < 4.78 is 4.54. The third-order valence-corrected chi connectivity index (χ3v) is 2.93. The lowest BCUT2D eigenvalue weighted by molar-refractivity contribution is 0.160. The molecule has 1 N–H and O–H groups in total. The van der Waals surface area contributed by atoms with Gasteiger partial charge in [-0.3, -0.25) is 0 Å². The van der Waals surface area contributed by atoms with E-state index in [0.29, 0.717) is 0 Å². The van der Waals surface area contributed by atoms with Gasteiger partial charge in [-0.15, -0.1) is 11.3 Å². The van der Waals surface area contributed by atoms with Crippen molar-refractivity contribution in [1.82, 2.24) is 5.32 Å². The Labute approximate surface area is 81.7 Å². The van der Waals surface area contributed by atoms with E-state index < -0.39 is 6.09 Å². The molecule has 0 aromatic carbocycles. The summed E-state index contributed by atoms with van der Waals surface area (Å²) in [6.07, 6.45) is -0.404. The number of nitrogens with one attached hydrogen (secondary N) is 1. The molecule has 1 amide bonds. The third-order valence-electron chi connectivity index (χ3n) is 1.74. The average molecular weight is 199 g/mol. The van der Waals surface area contributed by atoms with E-state index in [1.807, 2.05) is 31.4 Å². The maximum absolute atomic E-state index is 11.0. The molecule has 0 saturated heterocycles. The standard InChI is InChI=1S/C9H13NO2S/c1-9(2,10-8(11)12-3)7-5-4-6-13-7/h4-6H,1-3H3,(H,10,11).